The molecule has 0 saturated carbocycles. The number of hydrogen-bond acceptors (Lipinski definition) is 15. The smallest absolute Gasteiger partial charge is 0.103 e. The van der Waals surface area contributed by atoms with Crippen LogP contribution in [0.1, 0.15) is 297 Å². The maximum absolute atomic E-state index is 8.20. The molecule has 16 heteroatoms. The number of hydrogen-bond donors (Lipinski definition) is 6. The first-order valence-electron chi connectivity index (χ1n) is 36.3. The number of quaternary nitrogens is 1. The van der Waals surface area contributed by atoms with E-state index in [1.165, 1.54) is 44.9 Å². The molecule has 0 aliphatic carbocycles. The van der Waals surface area contributed by atoms with Crippen LogP contribution in [0.3, 0.4) is 0 Å². The number of aliphatic hydroxyl groups excluding tert-OH is 6. The lowest BCUT2D eigenvalue weighted by molar-refractivity contribution is -0.927. The molecule has 0 spiro atoms. The van der Waals surface area contributed by atoms with Gasteiger partial charge in [0.1, 0.15) is 19.6 Å². The molecule has 0 aliphatic heterocycles. The average Bonchev–Trinajstić information content (AvgIpc) is 3.68. The first-order chi connectivity index (χ1) is 42.8. The van der Waals surface area contributed by atoms with Crippen molar-refractivity contribution < 1.29 is 63.5 Å². The second-order valence-corrected chi connectivity index (χ2v) is 21.0. The maximum Gasteiger partial charge on any atom is 0.103 e. The molecule has 0 saturated heterocycles. The number of likely N-dealkylation sites (N-methyl/N-ethyl adjacent to an activating group) is 1. The highest BCUT2D eigenvalue weighted by molar-refractivity contribution is 4.67. The van der Waals surface area contributed by atoms with E-state index < -0.39 is 0 Å². The lowest BCUT2D eigenvalue weighted by Crippen LogP contribution is -2.53. The van der Waals surface area contributed by atoms with E-state index in [0.29, 0.717) is 39.6 Å². The summed E-state index contributed by atoms with van der Waals surface area (Å²) in [5.41, 5.74) is 0. The van der Waals surface area contributed by atoms with Gasteiger partial charge in [-0.15, -0.1) is 0 Å². The summed E-state index contributed by atoms with van der Waals surface area (Å²) < 4.78 is 34.8. The van der Waals surface area contributed by atoms with Crippen LogP contribution >= 0.6 is 0 Å². The zero-order valence-corrected chi connectivity index (χ0v) is 62.4. The number of nitrogens with zero attached hydrogens (tertiary/aromatic N) is 4. The van der Waals surface area contributed by atoms with Crippen LogP contribution in [-0.4, -0.2) is 205 Å². The molecule has 0 bridgehead atoms. The Morgan fingerprint density at radius 2 is 0.500 bits per heavy atom. The van der Waals surface area contributed by atoms with Gasteiger partial charge in [-0.3, -0.25) is 4.90 Å². The Bertz CT molecular complexity index is 960. The van der Waals surface area contributed by atoms with Gasteiger partial charge >= 0.3 is 0 Å². The average molecular weight is 1280 g/mol. The molecule has 0 radical (unpaired) electrons. The third-order valence-corrected chi connectivity index (χ3v) is 11.8. The van der Waals surface area contributed by atoms with Crippen molar-refractivity contribution in [1.82, 2.24) is 4.90 Å². The van der Waals surface area contributed by atoms with E-state index in [9.17, 15) is 0 Å². The lowest BCUT2D eigenvalue weighted by Gasteiger charge is -2.37. The van der Waals surface area contributed by atoms with Crippen LogP contribution in [0.2, 0.25) is 0 Å². The predicted molar refractivity (Wildman–Crippen MR) is 381 cm³/mol. The quantitative estimate of drug-likeness (QED) is 0.0246. The summed E-state index contributed by atoms with van der Waals surface area (Å²) in [6, 6.07) is 4.17. The van der Waals surface area contributed by atoms with Gasteiger partial charge in [0, 0.05) is 112 Å². The summed E-state index contributed by atoms with van der Waals surface area (Å²) in [6.45, 7) is 55.2. The van der Waals surface area contributed by atoms with Gasteiger partial charge in [0.15, 0.2) is 0 Å². The molecule has 0 atom stereocenters. The molecular weight excluding hydrogens is 1110 g/mol. The molecule has 16 nitrogen and oxygen atoms in total. The minimum atomic E-state index is 0.319. The monoisotopic (exact) mass is 1280 g/mol. The van der Waals surface area contributed by atoms with Gasteiger partial charge in [0.05, 0.1) is 58.3 Å². The van der Waals surface area contributed by atoms with E-state index in [-0.39, 0.29) is 0 Å². The number of unbranched alkanes of at least 4 members (excludes halogenated alkanes) is 13. The van der Waals surface area contributed by atoms with Crippen LogP contribution in [-0.2, 0) is 28.4 Å². The molecular formula is C72H163N4O12+. The largest absolute Gasteiger partial charge is 0.396 e. The van der Waals surface area contributed by atoms with Crippen LogP contribution in [0.5, 0.6) is 0 Å². The van der Waals surface area contributed by atoms with E-state index in [1.807, 2.05) is 13.8 Å². The van der Waals surface area contributed by atoms with Gasteiger partial charge in [-0.1, -0.05) is 188 Å². The summed E-state index contributed by atoms with van der Waals surface area (Å²) in [7, 11) is 0. The van der Waals surface area contributed by atoms with E-state index >= 15 is 0 Å². The molecule has 0 unspecified atom stereocenters. The van der Waals surface area contributed by atoms with Gasteiger partial charge in [0.2, 0.25) is 0 Å². The molecule has 88 heavy (non-hydrogen) atoms. The fourth-order valence-electron chi connectivity index (χ4n) is 6.08. The Morgan fingerprint density at radius 3 is 0.659 bits per heavy atom. The van der Waals surface area contributed by atoms with Crippen molar-refractivity contribution in [2.24, 2.45) is 0 Å². The van der Waals surface area contributed by atoms with Crippen LogP contribution in [0.4, 0.5) is 0 Å². The molecule has 0 amide bonds. The molecule has 542 valence electrons. The van der Waals surface area contributed by atoms with Gasteiger partial charge in [-0.25, -0.2) is 0 Å². The van der Waals surface area contributed by atoms with E-state index in [4.69, 9.17) is 69.6 Å². The second kappa shape index (κ2) is 130. The molecule has 0 aromatic heterocycles. The van der Waals surface area contributed by atoms with Crippen molar-refractivity contribution in [3.8, 4) is 12.1 Å². The van der Waals surface area contributed by atoms with Crippen LogP contribution < -0.4 is 0 Å². The molecule has 0 aromatic carbocycles. The van der Waals surface area contributed by atoms with Crippen LogP contribution in [0.15, 0.2) is 0 Å². The molecule has 0 heterocycles. The third-order valence-electron chi connectivity index (χ3n) is 11.8. The molecule has 0 aliphatic rings. The summed E-state index contributed by atoms with van der Waals surface area (Å²) >= 11 is 0. The molecule has 0 aromatic rings. The van der Waals surface area contributed by atoms with Gasteiger partial charge in [0.25, 0.3) is 0 Å². The molecule has 6 N–H and O–H groups in total. The Labute approximate surface area is 551 Å². The normalized spacial score (nSPS) is 9.80. The first kappa shape index (κ1) is 111. The van der Waals surface area contributed by atoms with Gasteiger partial charge < -0.3 is 63.5 Å². The minimum Gasteiger partial charge on any atom is -0.396 e. The Balaban J connectivity index is -0.0000000883. The minimum absolute atomic E-state index is 0.319. The number of rotatable bonds is 50. The highest BCUT2D eigenvalue weighted by Gasteiger charge is 2.25. The summed E-state index contributed by atoms with van der Waals surface area (Å²) in [5.74, 6) is 0. The maximum atomic E-state index is 8.20. The van der Waals surface area contributed by atoms with Crippen molar-refractivity contribution in [2.45, 2.75) is 297 Å². The van der Waals surface area contributed by atoms with E-state index in [0.717, 1.165) is 264 Å². The van der Waals surface area contributed by atoms with Gasteiger partial charge in [-0.2, -0.15) is 10.5 Å². The summed E-state index contributed by atoms with van der Waals surface area (Å²) in [5, 5.41) is 64.3. The Morgan fingerprint density at radius 1 is 0.261 bits per heavy atom. The topological polar surface area (TPSA) is 228 Å². The Kier molecular flexibility index (Phi) is 164. The van der Waals surface area contributed by atoms with E-state index in [2.05, 4.69) is 121 Å². The van der Waals surface area contributed by atoms with Crippen molar-refractivity contribution in [2.75, 3.05) is 165 Å². The standard InChI is InChI=1S/C17H38NO3.C15H33NO3.C6H11N.C5H9N.2C5H12O.C5H12.2C4H10O.2C3H8O/c1-5-12-19-15-9-18(8-4,10-16-20-13-6-2)11-17-21-14-7-3;1-4-10-17-13-7-16(8-14-18-11-5-2)9-15-19-12-6-3;1-2-3-4-5-6-7;3*1-2-3-4-5-6;1-3-5-4-2;2*1-2-3-4-5;2*1-2-3-4/h5-17H2,1-4H3;4-15H2,1-3H3;2-5H2,1H3;2-4H2,1H3;2*6H,2-5H2,1H3;3-5H2,1-2H3;2*5H,2-4H2,1H3;2*4H,2-3H2,1H3/q+1;;;;;;;;;;. The van der Waals surface area contributed by atoms with Crippen molar-refractivity contribution in [3.05, 3.63) is 0 Å². The Hall–Kier alpha value is -1.58. The summed E-state index contributed by atoms with van der Waals surface area (Å²) in [4.78, 5) is 2.36. The van der Waals surface area contributed by atoms with Crippen molar-refractivity contribution >= 4 is 0 Å². The second-order valence-electron chi connectivity index (χ2n) is 21.0. The molecule has 0 rings (SSSR count). The zero-order valence-electron chi connectivity index (χ0n) is 62.4. The zero-order chi connectivity index (χ0) is 69.2. The molecule has 0 fully saturated rings. The predicted octanol–water partition coefficient (Wildman–Crippen LogP) is 16.3. The lowest BCUT2D eigenvalue weighted by atomic mass is 10.2. The van der Waals surface area contributed by atoms with Crippen molar-refractivity contribution in [1.29, 1.82) is 10.5 Å². The SMILES string of the molecule is CCCCC.CCCCC#N.CCCCCC#N.CCCCCO.CCCCCO.CCCCO.CCCCO.CCCO.CCCO.CCCOCCN(CCOCCC)CCOCCC.CCCOCC[N+](CC)(CCOCCC)CCOCCC. The third kappa shape index (κ3) is 156. The van der Waals surface area contributed by atoms with Gasteiger partial charge in [-0.05, 0) is 96.8 Å². The highest BCUT2D eigenvalue weighted by atomic mass is 16.5. The van der Waals surface area contributed by atoms with E-state index in [1.54, 1.807) is 0 Å². The number of ether oxygens (including phenoxy) is 6. The van der Waals surface area contributed by atoms with Crippen LogP contribution in [0, 0.1) is 22.7 Å². The van der Waals surface area contributed by atoms with Crippen LogP contribution in [0.25, 0.3) is 0 Å². The fraction of sp³-hybridized carbons (Fsp3) is 0.972. The van der Waals surface area contributed by atoms with Crippen molar-refractivity contribution in [3.63, 3.8) is 0 Å². The fourth-order valence-corrected chi connectivity index (χ4v) is 6.08. The summed E-state index contributed by atoms with van der Waals surface area (Å²) in [6.07, 6.45) is 30.2. The number of aliphatic hydroxyl groups is 6. The number of nitriles is 2. The highest BCUT2D eigenvalue weighted by Crippen LogP contribution is 2.08. The first-order valence-corrected chi connectivity index (χ1v) is 36.3.